The maximum Gasteiger partial charge on any atom is 0.472 e. The van der Waals surface area contributed by atoms with Gasteiger partial charge in [0.25, 0.3) is 0 Å². The van der Waals surface area contributed by atoms with Gasteiger partial charge in [-0.15, -0.1) is 0 Å². The number of carbonyl (C=O) groups excluding carboxylic acids is 1. The smallest absolute Gasteiger partial charge is 0.472 e. The van der Waals surface area contributed by atoms with Gasteiger partial charge < -0.3 is 20.1 Å². The lowest BCUT2D eigenvalue weighted by atomic mass is 10.0. The highest BCUT2D eigenvalue weighted by Crippen LogP contribution is 2.43. The van der Waals surface area contributed by atoms with Gasteiger partial charge in [-0.2, -0.15) is 0 Å². The molecule has 0 aliphatic heterocycles. The highest BCUT2D eigenvalue weighted by molar-refractivity contribution is 7.47. The summed E-state index contributed by atoms with van der Waals surface area (Å²) in [6.07, 6.45) is 45.7. The average Bonchev–Trinajstić information content (AvgIpc) is 3.13. The Labute approximate surface area is 321 Å². The van der Waals surface area contributed by atoms with Gasteiger partial charge in [0.15, 0.2) is 6.10 Å². The molecule has 3 N–H and O–H groups in total. The first-order valence-electron chi connectivity index (χ1n) is 21.9. The summed E-state index contributed by atoms with van der Waals surface area (Å²) in [6.45, 7) is 4.26. The second-order valence-corrected chi connectivity index (χ2v) is 16.1. The van der Waals surface area contributed by atoms with Crippen LogP contribution in [-0.4, -0.2) is 43.3 Å². The van der Waals surface area contributed by atoms with Crippen molar-refractivity contribution < 1.29 is 32.8 Å². The number of hydrogen-bond donors (Lipinski definition) is 2. The molecule has 0 radical (unpaired) electrons. The summed E-state index contributed by atoms with van der Waals surface area (Å²) in [5, 5.41) is 0. The highest BCUT2D eigenvalue weighted by Gasteiger charge is 2.25. The molecule has 2 atom stereocenters. The Bertz CT molecular complexity index is 853. The van der Waals surface area contributed by atoms with E-state index in [1.807, 2.05) is 6.08 Å². The molecule has 52 heavy (non-hydrogen) atoms. The van der Waals surface area contributed by atoms with E-state index < -0.39 is 13.9 Å². The summed E-state index contributed by atoms with van der Waals surface area (Å²) in [6, 6.07) is 0. The zero-order valence-electron chi connectivity index (χ0n) is 34.1. The van der Waals surface area contributed by atoms with Crippen LogP contribution in [0.4, 0.5) is 0 Å². The number of nitrogens with two attached hydrogens (primary N) is 1. The molecule has 0 bridgehead atoms. The molecular formula is C43H84NO7P. The monoisotopic (exact) mass is 758 g/mol. The fourth-order valence-corrected chi connectivity index (χ4v) is 6.96. The third kappa shape index (κ3) is 40.0. The van der Waals surface area contributed by atoms with E-state index in [4.69, 9.17) is 24.3 Å². The van der Waals surface area contributed by atoms with Crippen molar-refractivity contribution in [1.82, 2.24) is 0 Å². The van der Waals surface area contributed by atoms with Gasteiger partial charge in [-0.3, -0.25) is 13.8 Å². The number of carbonyl (C=O) groups is 1. The Morgan fingerprint density at radius 2 is 0.981 bits per heavy atom. The van der Waals surface area contributed by atoms with Crippen molar-refractivity contribution in [3.8, 4) is 0 Å². The van der Waals surface area contributed by atoms with Crippen molar-refractivity contribution in [1.29, 1.82) is 0 Å². The van der Waals surface area contributed by atoms with E-state index in [-0.39, 0.29) is 32.3 Å². The van der Waals surface area contributed by atoms with Crippen molar-refractivity contribution in [3.63, 3.8) is 0 Å². The number of phosphoric ester groups is 1. The predicted octanol–water partition coefficient (Wildman–Crippen LogP) is 13.2. The van der Waals surface area contributed by atoms with E-state index in [1.54, 1.807) is 6.26 Å². The molecule has 0 saturated carbocycles. The number of hydrogen-bond acceptors (Lipinski definition) is 7. The SMILES string of the molecule is CCCCCCCCCC/C=C\CCCCCCCCCC(=O)O[C@H](CO/C=C\CCCCCCCCCCCCCC)COP(=O)(O)OCCN. The topological polar surface area (TPSA) is 117 Å². The molecule has 0 amide bonds. The van der Waals surface area contributed by atoms with E-state index in [2.05, 4.69) is 26.0 Å². The molecule has 0 heterocycles. The van der Waals surface area contributed by atoms with Crippen LogP contribution in [0.15, 0.2) is 24.5 Å². The Morgan fingerprint density at radius 3 is 1.42 bits per heavy atom. The molecule has 0 aromatic rings. The summed E-state index contributed by atoms with van der Waals surface area (Å²) >= 11 is 0. The Hall–Kier alpha value is -1.18. The molecule has 9 heteroatoms. The number of unbranched alkanes of at least 4 members (excludes halogenated alkanes) is 27. The van der Waals surface area contributed by atoms with Gasteiger partial charge in [0.05, 0.1) is 19.5 Å². The van der Waals surface area contributed by atoms with Crippen LogP contribution in [0.2, 0.25) is 0 Å². The zero-order chi connectivity index (χ0) is 38.1. The van der Waals surface area contributed by atoms with Crippen molar-refractivity contribution >= 4 is 13.8 Å². The third-order valence-corrected chi connectivity index (χ3v) is 10.4. The van der Waals surface area contributed by atoms with Crippen LogP contribution < -0.4 is 5.73 Å². The summed E-state index contributed by atoms with van der Waals surface area (Å²) in [4.78, 5) is 22.4. The van der Waals surface area contributed by atoms with E-state index >= 15 is 0 Å². The number of phosphoric acid groups is 1. The van der Waals surface area contributed by atoms with E-state index in [0.29, 0.717) is 6.42 Å². The van der Waals surface area contributed by atoms with Crippen molar-refractivity contribution in [2.24, 2.45) is 5.73 Å². The van der Waals surface area contributed by atoms with Crippen molar-refractivity contribution in [2.75, 3.05) is 26.4 Å². The number of allylic oxidation sites excluding steroid dienone is 3. The summed E-state index contributed by atoms with van der Waals surface area (Å²) < 4.78 is 33.2. The van der Waals surface area contributed by atoms with Gasteiger partial charge in [0.1, 0.15) is 6.61 Å². The molecule has 0 aromatic carbocycles. The standard InChI is InChI=1S/C43H84NO7P/c1-3-5-7-9-11-13-15-17-19-20-21-22-23-24-26-28-30-32-34-36-43(45)51-42(41-50-52(46,47)49-39-37-44)40-48-38-35-33-31-29-27-25-18-16-14-12-10-8-6-4-2/h20-21,35,38,42H,3-19,22-34,36-37,39-41,44H2,1-2H3,(H,46,47)/b21-20-,38-35-/t42-/m1/s1. The van der Waals surface area contributed by atoms with Gasteiger partial charge >= 0.3 is 13.8 Å². The molecule has 0 spiro atoms. The molecule has 0 aliphatic carbocycles. The van der Waals surface area contributed by atoms with Crippen LogP contribution in [0.1, 0.15) is 213 Å². The van der Waals surface area contributed by atoms with Crippen LogP contribution in [0, 0.1) is 0 Å². The minimum absolute atomic E-state index is 0.0337. The highest BCUT2D eigenvalue weighted by atomic mass is 31.2. The molecule has 8 nitrogen and oxygen atoms in total. The van der Waals surface area contributed by atoms with Crippen LogP contribution in [0.5, 0.6) is 0 Å². The third-order valence-electron chi connectivity index (χ3n) is 9.44. The maximum absolute atomic E-state index is 12.6. The summed E-state index contributed by atoms with van der Waals surface area (Å²) in [5.41, 5.74) is 5.36. The van der Waals surface area contributed by atoms with Crippen molar-refractivity contribution in [3.05, 3.63) is 24.5 Å². The summed E-state index contributed by atoms with van der Waals surface area (Å²) in [5.74, 6) is -0.355. The average molecular weight is 758 g/mol. The zero-order valence-corrected chi connectivity index (χ0v) is 35.0. The normalized spacial score (nSPS) is 13.6. The second-order valence-electron chi connectivity index (χ2n) is 14.6. The van der Waals surface area contributed by atoms with Gasteiger partial charge in [0, 0.05) is 13.0 Å². The lowest BCUT2D eigenvalue weighted by molar-refractivity contribution is -0.153. The molecule has 0 fully saturated rings. The van der Waals surface area contributed by atoms with Gasteiger partial charge in [-0.25, -0.2) is 4.57 Å². The molecule has 0 rings (SSSR count). The molecule has 1 unspecified atom stereocenters. The summed E-state index contributed by atoms with van der Waals surface area (Å²) in [7, 11) is -4.29. The Balaban J connectivity index is 4.05. The van der Waals surface area contributed by atoms with Gasteiger partial charge in [-0.05, 0) is 51.0 Å². The second kappa shape index (κ2) is 41.0. The lowest BCUT2D eigenvalue weighted by Crippen LogP contribution is -2.27. The fourth-order valence-electron chi connectivity index (χ4n) is 6.19. The fraction of sp³-hybridized carbons (Fsp3) is 0.884. The van der Waals surface area contributed by atoms with Crippen LogP contribution in [0.3, 0.4) is 0 Å². The van der Waals surface area contributed by atoms with Crippen LogP contribution >= 0.6 is 7.82 Å². The molecule has 0 aliphatic rings. The molecule has 0 aromatic heterocycles. The van der Waals surface area contributed by atoms with E-state index in [0.717, 1.165) is 32.1 Å². The Morgan fingerprint density at radius 1 is 0.577 bits per heavy atom. The maximum atomic E-state index is 12.6. The first kappa shape index (κ1) is 50.8. The lowest BCUT2D eigenvalue weighted by Gasteiger charge is -2.19. The first-order chi connectivity index (χ1) is 25.4. The van der Waals surface area contributed by atoms with Gasteiger partial charge in [0.2, 0.25) is 0 Å². The van der Waals surface area contributed by atoms with Crippen LogP contribution in [-0.2, 0) is 27.9 Å². The van der Waals surface area contributed by atoms with E-state index in [1.165, 1.54) is 161 Å². The van der Waals surface area contributed by atoms with Crippen molar-refractivity contribution in [2.45, 2.75) is 219 Å². The molecule has 0 saturated heterocycles. The number of esters is 1. The van der Waals surface area contributed by atoms with E-state index in [9.17, 15) is 14.3 Å². The Kier molecular flexibility index (Phi) is 40.1. The predicted molar refractivity (Wildman–Crippen MR) is 219 cm³/mol. The number of rotatable bonds is 42. The van der Waals surface area contributed by atoms with Gasteiger partial charge in [-0.1, -0.05) is 174 Å². The minimum atomic E-state index is -4.29. The largest absolute Gasteiger partial charge is 0.498 e. The first-order valence-corrected chi connectivity index (χ1v) is 23.4. The molecular weight excluding hydrogens is 673 g/mol. The quantitative estimate of drug-likeness (QED) is 0.0208. The molecule has 308 valence electrons. The van der Waals surface area contributed by atoms with Crippen LogP contribution in [0.25, 0.3) is 0 Å². The number of ether oxygens (including phenoxy) is 2. The minimum Gasteiger partial charge on any atom is -0.498 e.